The van der Waals surface area contributed by atoms with Gasteiger partial charge in [-0.2, -0.15) is 0 Å². The molecule has 28 heavy (non-hydrogen) atoms. The van der Waals surface area contributed by atoms with Crippen LogP contribution < -0.4 is 9.47 Å². The van der Waals surface area contributed by atoms with Gasteiger partial charge in [0.25, 0.3) is 0 Å². The summed E-state index contributed by atoms with van der Waals surface area (Å²) in [5, 5.41) is 2.95. The van der Waals surface area contributed by atoms with Gasteiger partial charge in [0.2, 0.25) is 12.7 Å². The van der Waals surface area contributed by atoms with Gasteiger partial charge in [-0.1, -0.05) is 36.4 Å². The van der Waals surface area contributed by atoms with Crippen LogP contribution in [0, 0.1) is 0 Å². The molecular weight excluding hydrogens is 372 g/mol. The average molecular weight is 392 g/mol. The summed E-state index contributed by atoms with van der Waals surface area (Å²) in [4.78, 5) is 19.4. The Morgan fingerprint density at radius 3 is 2.89 bits per heavy atom. The zero-order chi connectivity index (χ0) is 18.9. The Bertz CT molecular complexity index is 1000. The van der Waals surface area contributed by atoms with Crippen LogP contribution in [-0.2, 0) is 11.2 Å². The van der Waals surface area contributed by atoms with E-state index < -0.39 is 0 Å². The Balaban J connectivity index is 1.23. The smallest absolute Gasteiger partial charge is 0.231 e. The van der Waals surface area contributed by atoms with Crippen LogP contribution in [0.15, 0.2) is 53.9 Å². The van der Waals surface area contributed by atoms with Gasteiger partial charge in [-0.25, -0.2) is 4.98 Å². The number of rotatable bonds is 4. The monoisotopic (exact) mass is 392 g/mol. The van der Waals surface area contributed by atoms with E-state index in [1.807, 2.05) is 52.7 Å². The molecule has 1 amide bonds. The van der Waals surface area contributed by atoms with Crippen molar-refractivity contribution < 1.29 is 14.3 Å². The van der Waals surface area contributed by atoms with E-state index in [0.717, 1.165) is 47.3 Å². The minimum absolute atomic E-state index is 0.146. The van der Waals surface area contributed by atoms with Gasteiger partial charge < -0.3 is 14.4 Å². The Morgan fingerprint density at radius 2 is 2.00 bits per heavy atom. The normalized spacial score (nSPS) is 17.9. The van der Waals surface area contributed by atoms with Crippen molar-refractivity contribution >= 4 is 17.2 Å². The first-order valence-corrected chi connectivity index (χ1v) is 10.3. The Morgan fingerprint density at radius 1 is 1.14 bits per heavy atom. The third kappa shape index (κ3) is 3.36. The van der Waals surface area contributed by atoms with Crippen LogP contribution in [0.1, 0.15) is 23.6 Å². The molecule has 2 aliphatic rings. The van der Waals surface area contributed by atoms with Crippen molar-refractivity contribution in [3.63, 3.8) is 0 Å². The quantitative estimate of drug-likeness (QED) is 0.671. The highest BCUT2D eigenvalue weighted by Crippen LogP contribution is 2.37. The second-order valence-corrected chi connectivity index (χ2v) is 7.98. The van der Waals surface area contributed by atoms with Crippen molar-refractivity contribution in [1.82, 2.24) is 9.88 Å². The van der Waals surface area contributed by atoms with Crippen LogP contribution in [0.3, 0.4) is 0 Å². The van der Waals surface area contributed by atoms with Crippen LogP contribution in [0.5, 0.6) is 11.5 Å². The number of carbonyl (C=O) groups is 1. The molecule has 5 nitrogen and oxygen atoms in total. The fraction of sp³-hybridized carbons (Fsp3) is 0.273. The van der Waals surface area contributed by atoms with Crippen molar-refractivity contribution in [3.05, 3.63) is 65.2 Å². The number of amides is 1. The van der Waals surface area contributed by atoms with Gasteiger partial charge in [0.05, 0.1) is 12.1 Å². The lowest BCUT2D eigenvalue weighted by molar-refractivity contribution is -0.129. The van der Waals surface area contributed by atoms with Crippen LogP contribution in [0.4, 0.5) is 0 Å². The minimum Gasteiger partial charge on any atom is -0.454 e. The summed E-state index contributed by atoms with van der Waals surface area (Å²) in [7, 11) is 0. The molecule has 1 aromatic heterocycles. The first-order chi connectivity index (χ1) is 13.8. The fourth-order valence-corrected chi connectivity index (χ4v) is 4.62. The highest BCUT2D eigenvalue weighted by Gasteiger charge is 2.28. The molecule has 2 aromatic carbocycles. The number of likely N-dealkylation sites (tertiary alicyclic amines) is 1. The predicted octanol–water partition coefficient (Wildman–Crippen LogP) is 4.10. The summed E-state index contributed by atoms with van der Waals surface area (Å²) in [6.45, 7) is 1.81. The zero-order valence-corrected chi connectivity index (χ0v) is 16.2. The third-order valence-corrected chi connectivity index (χ3v) is 6.25. The third-order valence-electron chi connectivity index (χ3n) is 5.31. The van der Waals surface area contributed by atoms with E-state index in [2.05, 4.69) is 11.1 Å². The molecule has 0 aliphatic carbocycles. The highest BCUT2D eigenvalue weighted by molar-refractivity contribution is 7.13. The maximum Gasteiger partial charge on any atom is 0.231 e. The molecular formula is C22H20N2O3S. The van der Waals surface area contributed by atoms with E-state index in [4.69, 9.17) is 9.47 Å². The second-order valence-electron chi connectivity index (χ2n) is 7.12. The lowest BCUT2D eigenvalue weighted by Crippen LogP contribution is -2.30. The van der Waals surface area contributed by atoms with Crippen LogP contribution in [0.2, 0.25) is 0 Å². The van der Waals surface area contributed by atoms with E-state index in [1.165, 1.54) is 5.56 Å². The lowest BCUT2D eigenvalue weighted by atomic mass is 9.98. The van der Waals surface area contributed by atoms with Gasteiger partial charge in [0, 0.05) is 30.0 Å². The number of hydrogen-bond donors (Lipinski definition) is 0. The molecule has 0 spiro atoms. The predicted molar refractivity (Wildman–Crippen MR) is 108 cm³/mol. The Labute approximate surface area is 167 Å². The van der Waals surface area contributed by atoms with E-state index in [0.29, 0.717) is 12.3 Å². The van der Waals surface area contributed by atoms with E-state index in [1.54, 1.807) is 11.3 Å². The molecule has 1 fully saturated rings. The van der Waals surface area contributed by atoms with Gasteiger partial charge in [-0.05, 0) is 24.1 Å². The van der Waals surface area contributed by atoms with E-state index in [9.17, 15) is 4.79 Å². The number of benzene rings is 2. The molecule has 0 radical (unpaired) electrons. The summed E-state index contributed by atoms with van der Waals surface area (Å²) < 4.78 is 10.9. The Kier molecular flexibility index (Phi) is 4.49. The maximum absolute atomic E-state index is 12.8. The number of nitrogens with zero attached hydrogens (tertiary/aromatic N) is 2. The molecule has 0 N–H and O–H groups in total. The average Bonchev–Trinajstić information content (AvgIpc) is 3.48. The first kappa shape index (κ1) is 17.3. The van der Waals surface area contributed by atoms with Gasteiger partial charge >= 0.3 is 0 Å². The van der Waals surface area contributed by atoms with Crippen molar-refractivity contribution in [3.8, 4) is 22.1 Å². The van der Waals surface area contributed by atoms with Gasteiger partial charge in [-0.15, -0.1) is 11.3 Å². The molecule has 6 heteroatoms. The largest absolute Gasteiger partial charge is 0.454 e. The maximum atomic E-state index is 12.8. The molecule has 142 valence electrons. The molecule has 2 aliphatic heterocycles. The van der Waals surface area contributed by atoms with Crippen LogP contribution in [0.25, 0.3) is 10.6 Å². The van der Waals surface area contributed by atoms with Crippen LogP contribution >= 0.6 is 11.3 Å². The molecule has 0 bridgehead atoms. The molecule has 5 rings (SSSR count). The zero-order valence-electron chi connectivity index (χ0n) is 15.3. The lowest BCUT2D eigenvalue weighted by Gasteiger charge is -2.16. The SMILES string of the molecule is O=C(Cc1csc(-c2ccccc2)n1)N1CCC(c2ccc3c(c2)OCO3)C1. The van der Waals surface area contributed by atoms with Gasteiger partial charge in [0.1, 0.15) is 5.01 Å². The van der Waals surface area contributed by atoms with E-state index in [-0.39, 0.29) is 12.7 Å². The van der Waals surface area contributed by atoms with Gasteiger partial charge in [-0.3, -0.25) is 4.79 Å². The highest BCUT2D eigenvalue weighted by atomic mass is 32.1. The fourth-order valence-electron chi connectivity index (χ4n) is 3.79. The number of ether oxygens (including phenoxy) is 2. The first-order valence-electron chi connectivity index (χ1n) is 9.43. The van der Waals surface area contributed by atoms with Crippen molar-refractivity contribution in [2.24, 2.45) is 0 Å². The molecule has 3 aromatic rings. The number of hydrogen-bond acceptors (Lipinski definition) is 5. The van der Waals surface area contributed by atoms with Crippen LogP contribution in [-0.4, -0.2) is 35.7 Å². The van der Waals surface area contributed by atoms with Crippen molar-refractivity contribution in [2.45, 2.75) is 18.8 Å². The van der Waals surface area contributed by atoms with Crippen molar-refractivity contribution in [2.75, 3.05) is 19.9 Å². The number of fused-ring (bicyclic) bond motifs is 1. The number of thiazole rings is 1. The molecule has 1 saturated heterocycles. The molecule has 3 heterocycles. The summed E-state index contributed by atoms with van der Waals surface area (Å²) in [6.07, 6.45) is 1.33. The topological polar surface area (TPSA) is 51.7 Å². The van der Waals surface area contributed by atoms with Gasteiger partial charge in [0.15, 0.2) is 11.5 Å². The number of aromatic nitrogens is 1. The Hall–Kier alpha value is -2.86. The summed E-state index contributed by atoms with van der Waals surface area (Å²) in [5.41, 5.74) is 3.15. The standard InChI is InChI=1S/C22H20N2O3S/c25-21(11-18-13-28-22(23-18)15-4-2-1-3-5-15)24-9-8-17(12-24)16-6-7-19-20(10-16)27-14-26-19/h1-7,10,13,17H,8-9,11-12,14H2. The van der Waals surface area contributed by atoms with Crippen molar-refractivity contribution in [1.29, 1.82) is 0 Å². The molecule has 1 atom stereocenters. The number of carbonyl (C=O) groups excluding carboxylic acids is 1. The minimum atomic E-state index is 0.146. The summed E-state index contributed by atoms with van der Waals surface area (Å²) in [6, 6.07) is 16.2. The second kappa shape index (κ2) is 7.28. The van der Waals surface area contributed by atoms with E-state index >= 15 is 0 Å². The molecule has 1 unspecified atom stereocenters. The summed E-state index contributed by atoms with van der Waals surface area (Å²) in [5.74, 6) is 2.09. The molecule has 0 saturated carbocycles. The summed E-state index contributed by atoms with van der Waals surface area (Å²) >= 11 is 1.59.